The fourth-order valence-electron chi connectivity index (χ4n) is 1.82. The molecule has 21 heavy (non-hydrogen) atoms. The second-order valence-electron chi connectivity index (χ2n) is 4.43. The van der Waals surface area contributed by atoms with Crippen molar-refractivity contribution >= 4 is 29.7 Å². The van der Waals surface area contributed by atoms with Crippen molar-refractivity contribution in [1.29, 1.82) is 0 Å². The Kier molecular flexibility index (Phi) is 3.95. The highest BCUT2D eigenvalue weighted by molar-refractivity contribution is 6.34. The quantitative estimate of drug-likeness (QED) is 0.792. The molecule has 0 atom stereocenters. The molecule has 2 rings (SSSR count). The van der Waals surface area contributed by atoms with Crippen LogP contribution in [-0.4, -0.2) is 32.1 Å². The highest BCUT2D eigenvalue weighted by Crippen LogP contribution is 2.18. The SMILES string of the molecule is Cn1c(O)c(C=C2C=C(C(=O)CCl)C=N2)c(=O)n(C)c1=O. The van der Waals surface area contributed by atoms with Crippen LogP contribution in [0.5, 0.6) is 5.88 Å². The van der Waals surface area contributed by atoms with Gasteiger partial charge >= 0.3 is 5.69 Å². The molecule has 1 aromatic heterocycles. The average Bonchev–Trinajstić information content (AvgIpc) is 2.95. The third-order valence-electron chi connectivity index (χ3n) is 3.06. The molecule has 110 valence electrons. The number of halogens is 1. The van der Waals surface area contributed by atoms with Crippen molar-refractivity contribution in [2.24, 2.45) is 19.1 Å². The normalized spacial score (nSPS) is 15.6. The smallest absolute Gasteiger partial charge is 0.333 e. The number of carbonyl (C=O) groups excluding carboxylic acids is 1. The summed E-state index contributed by atoms with van der Waals surface area (Å²) >= 11 is 5.45. The van der Waals surface area contributed by atoms with Gasteiger partial charge in [0.15, 0.2) is 5.78 Å². The number of carbonyl (C=O) groups is 1. The largest absolute Gasteiger partial charge is 0.494 e. The summed E-state index contributed by atoms with van der Waals surface area (Å²) in [5.41, 5.74) is -0.735. The number of hydrogen-bond donors (Lipinski definition) is 1. The van der Waals surface area contributed by atoms with Crippen LogP contribution in [0.1, 0.15) is 5.56 Å². The first-order valence-corrected chi connectivity index (χ1v) is 6.46. The van der Waals surface area contributed by atoms with E-state index in [1.165, 1.54) is 32.5 Å². The minimum atomic E-state index is -0.649. The summed E-state index contributed by atoms with van der Waals surface area (Å²) in [7, 11) is 2.65. The van der Waals surface area contributed by atoms with Gasteiger partial charge in [-0.3, -0.25) is 23.7 Å². The predicted molar refractivity (Wildman–Crippen MR) is 78.9 cm³/mol. The number of hydrogen-bond acceptors (Lipinski definition) is 5. The summed E-state index contributed by atoms with van der Waals surface area (Å²) < 4.78 is 1.82. The Labute approximate surface area is 124 Å². The summed E-state index contributed by atoms with van der Waals surface area (Å²) in [5.74, 6) is -0.921. The second-order valence-corrected chi connectivity index (χ2v) is 4.69. The van der Waals surface area contributed by atoms with Crippen LogP contribution in [-0.2, 0) is 18.9 Å². The van der Waals surface area contributed by atoms with Gasteiger partial charge in [0.25, 0.3) is 5.56 Å². The highest BCUT2D eigenvalue weighted by Gasteiger charge is 2.16. The molecule has 8 heteroatoms. The lowest BCUT2D eigenvalue weighted by molar-refractivity contribution is -0.112. The standard InChI is InChI=1S/C13H12ClN3O4/c1-16-11(19)9(12(20)17(2)13(16)21)4-8-3-7(6-15-8)10(18)5-14/h3-4,6,19H,5H2,1-2H3. The molecule has 7 nitrogen and oxygen atoms in total. The fourth-order valence-corrected chi connectivity index (χ4v) is 1.97. The zero-order chi connectivity index (χ0) is 15.7. The number of alkyl halides is 1. The van der Waals surface area contributed by atoms with Crippen molar-refractivity contribution < 1.29 is 9.90 Å². The lowest BCUT2D eigenvalue weighted by Gasteiger charge is -2.07. The van der Waals surface area contributed by atoms with E-state index >= 15 is 0 Å². The van der Waals surface area contributed by atoms with Gasteiger partial charge in [-0.1, -0.05) is 0 Å². The molecule has 0 aliphatic carbocycles. The number of allylic oxidation sites excluding steroid dienone is 2. The van der Waals surface area contributed by atoms with E-state index in [4.69, 9.17) is 11.6 Å². The number of aromatic nitrogens is 2. The zero-order valence-electron chi connectivity index (χ0n) is 11.3. The molecule has 0 saturated heterocycles. The maximum atomic E-state index is 12.0. The van der Waals surface area contributed by atoms with E-state index in [0.29, 0.717) is 11.3 Å². The summed E-state index contributed by atoms with van der Waals surface area (Å²) in [6, 6.07) is 0. The molecule has 0 unspecified atom stereocenters. The van der Waals surface area contributed by atoms with Crippen LogP contribution in [0.4, 0.5) is 0 Å². The summed E-state index contributed by atoms with van der Waals surface area (Å²) in [6.45, 7) is 0. The summed E-state index contributed by atoms with van der Waals surface area (Å²) in [5, 5.41) is 9.91. The Hall–Kier alpha value is -2.41. The molecular weight excluding hydrogens is 298 g/mol. The van der Waals surface area contributed by atoms with E-state index in [1.54, 1.807) is 0 Å². The Morgan fingerprint density at radius 2 is 2.05 bits per heavy atom. The third kappa shape index (κ3) is 2.59. The number of aromatic hydroxyl groups is 1. The maximum Gasteiger partial charge on any atom is 0.333 e. The molecule has 1 N–H and O–H groups in total. The number of ketones is 1. The van der Waals surface area contributed by atoms with Gasteiger partial charge < -0.3 is 5.11 Å². The van der Waals surface area contributed by atoms with Crippen molar-refractivity contribution in [3.8, 4) is 5.88 Å². The van der Waals surface area contributed by atoms with Crippen LogP contribution in [0.3, 0.4) is 0 Å². The second kappa shape index (κ2) is 5.53. The molecule has 0 bridgehead atoms. The van der Waals surface area contributed by atoms with Crippen molar-refractivity contribution in [2.45, 2.75) is 0 Å². The van der Waals surface area contributed by atoms with E-state index < -0.39 is 17.1 Å². The van der Waals surface area contributed by atoms with Crippen LogP contribution < -0.4 is 11.2 Å². The van der Waals surface area contributed by atoms with Crippen molar-refractivity contribution in [2.75, 3.05) is 5.88 Å². The predicted octanol–water partition coefficient (Wildman–Crippen LogP) is -0.0508. The first-order valence-electron chi connectivity index (χ1n) is 5.92. The van der Waals surface area contributed by atoms with Gasteiger partial charge in [0.05, 0.1) is 11.6 Å². The highest BCUT2D eigenvalue weighted by atomic mass is 35.5. The van der Waals surface area contributed by atoms with Crippen LogP contribution in [0.2, 0.25) is 0 Å². The molecule has 0 spiro atoms. The van der Waals surface area contributed by atoms with Gasteiger partial charge in [0.2, 0.25) is 5.88 Å². The maximum absolute atomic E-state index is 12.0. The van der Waals surface area contributed by atoms with Crippen LogP contribution >= 0.6 is 11.6 Å². The summed E-state index contributed by atoms with van der Waals surface area (Å²) in [4.78, 5) is 39.0. The first kappa shape index (κ1) is 15.0. The lowest BCUT2D eigenvalue weighted by Crippen LogP contribution is -2.37. The van der Waals surface area contributed by atoms with E-state index in [-0.39, 0.29) is 17.2 Å². The Bertz CT molecular complexity index is 827. The molecule has 1 aromatic rings. The van der Waals surface area contributed by atoms with Crippen LogP contribution in [0, 0.1) is 0 Å². The number of aliphatic imine (C=N–C) groups is 1. The topological polar surface area (TPSA) is 93.7 Å². The molecule has 1 aliphatic heterocycles. The Morgan fingerprint density at radius 1 is 1.38 bits per heavy atom. The van der Waals surface area contributed by atoms with Gasteiger partial charge in [0.1, 0.15) is 5.56 Å². The average molecular weight is 310 g/mol. The minimum Gasteiger partial charge on any atom is -0.494 e. The number of nitrogens with zero attached hydrogens (tertiary/aromatic N) is 3. The molecular formula is C13H12ClN3O4. The van der Waals surface area contributed by atoms with E-state index in [1.807, 2.05) is 0 Å². The Morgan fingerprint density at radius 3 is 2.67 bits per heavy atom. The van der Waals surface area contributed by atoms with Crippen molar-refractivity contribution in [1.82, 2.24) is 9.13 Å². The molecule has 1 aliphatic rings. The van der Waals surface area contributed by atoms with Gasteiger partial charge in [-0.05, 0) is 12.2 Å². The molecule has 0 fully saturated rings. The van der Waals surface area contributed by atoms with Crippen LogP contribution in [0.25, 0.3) is 6.08 Å². The van der Waals surface area contributed by atoms with Crippen molar-refractivity contribution in [3.63, 3.8) is 0 Å². The van der Waals surface area contributed by atoms with Gasteiger partial charge in [-0.2, -0.15) is 0 Å². The number of rotatable bonds is 3. The van der Waals surface area contributed by atoms with E-state index in [2.05, 4.69) is 4.99 Å². The third-order valence-corrected chi connectivity index (χ3v) is 3.30. The molecule has 0 saturated carbocycles. The van der Waals surface area contributed by atoms with Crippen molar-refractivity contribution in [3.05, 3.63) is 43.7 Å². The van der Waals surface area contributed by atoms with E-state index in [9.17, 15) is 19.5 Å². The zero-order valence-corrected chi connectivity index (χ0v) is 12.1. The molecule has 0 amide bonds. The molecule has 0 aromatic carbocycles. The first-order chi connectivity index (χ1) is 9.86. The molecule has 0 radical (unpaired) electrons. The Balaban J connectivity index is 2.57. The minimum absolute atomic E-state index is 0.0810. The fraction of sp³-hybridized carbons (Fsp3) is 0.231. The monoisotopic (exact) mass is 309 g/mol. The van der Waals surface area contributed by atoms with Gasteiger partial charge in [-0.15, -0.1) is 11.6 Å². The van der Waals surface area contributed by atoms with Crippen LogP contribution in [0.15, 0.2) is 31.9 Å². The van der Waals surface area contributed by atoms with E-state index in [0.717, 1.165) is 9.13 Å². The number of Topliss-reactive ketones (excluding diaryl/α,β-unsaturated/α-hetero) is 1. The lowest BCUT2D eigenvalue weighted by atomic mass is 10.2. The molecule has 2 heterocycles. The van der Waals surface area contributed by atoms with Gasteiger partial charge in [0, 0.05) is 25.9 Å². The van der Waals surface area contributed by atoms with Gasteiger partial charge in [-0.25, -0.2) is 4.79 Å². The summed E-state index contributed by atoms with van der Waals surface area (Å²) in [6.07, 6.45) is 4.09.